The summed E-state index contributed by atoms with van der Waals surface area (Å²) in [5, 5.41) is 0.698. The van der Waals surface area contributed by atoms with Gasteiger partial charge < -0.3 is 4.90 Å². The smallest absolute Gasteiger partial charge is 0.336 e. The fourth-order valence-electron chi connectivity index (χ4n) is 4.79. The summed E-state index contributed by atoms with van der Waals surface area (Å²) >= 11 is 12.3. The fourth-order valence-corrected chi connectivity index (χ4v) is 5.73. The lowest BCUT2D eigenvalue weighted by Gasteiger charge is -2.29. The maximum absolute atomic E-state index is 14.2. The van der Waals surface area contributed by atoms with Crippen LogP contribution in [0, 0.1) is 5.82 Å². The number of likely N-dealkylation sites (tertiary alicyclic amines) is 1. The van der Waals surface area contributed by atoms with Crippen LogP contribution >= 0.6 is 23.2 Å². The Hall–Kier alpha value is -2.66. The van der Waals surface area contributed by atoms with Crippen LogP contribution in [0.5, 0.6) is 0 Å². The Labute approximate surface area is 233 Å². The third kappa shape index (κ3) is 6.57. The van der Waals surface area contributed by atoms with E-state index >= 15 is 0 Å². The van der Waals surface area contributed by atoms with Gasteiger partial charge in [-0.05, 0) is 66.7 Å². The molecule has 1 aliphatic rings. The van der Waals surface area contributed by atoms with E-state index in [9.17, 15) is 30.8 Å². The van der Waals surface area contributed by atoms with Crippen molar-refractivity contribution in [3.63, 3.8) is 0 Å². The Kier molecular flexibility index (Phi) is 8.33. The van der Waals surface area contributed by atoms with Crippen molar-refractivity contribution in [3.05, 3.63) is 98.8 Å². The molecular formula is C27H24Cl2F4N2O3S. The minimum atomic E-state index is -4.79. The minimum absolute atomic E-state index is 0.0931. The highest BCUT2D eigenvalue weighted by molar-refractivity contribution is 7.90. The number of halogens is 6. The highest BCUT2D eigenvalue weighted by Crippen LogP contribution is 2.36. The first-order chi connectivity index (χ1) is 18.1. The summed E-state index contributed by atoms with van der Waals surface area (Å²) in [6.45, 7) is 0.681. The first-order valence-corrected chi connectivity index (χ1v) is 14.4. The molecule has 3 aromatic rings. The lowest BCUT2D eigenvalue weighted by Crippen LogP contribution is -2.38. The molecule has 5 nitrogen and oxygen atoms in total. The van der Waals surface area contributed by atoms with Crippen molar-refractivity contribution in [2.24, 2.45) is 0 Å². The molecule has 39 heavy (non-hydrogen) atoms. The number of benzene rings is 3. The highest BCUT2D eigenvalue weighted by Gasteiger charge is 2.39. The van der Waals surface area contributed by atoms with Crippen molar-refractivity contribution in [1.29, 1.82) is 0 Å². The van der Waals surface area contributed by atoms with Crippen molar-refractivity contribution in [2.75, 3.05) is 26.4 Å². The van der Waals surface area contributed by atoms with Gasteiger partial charge in [0.05, 0.1) is 20.5 Å². The molecule has 1 aliphatic heterocycles. The van der Waals surface area contributed by atoms with Crippen LogP contribution in [0.1, 0.15) is 33.0 Å². The predicted molar refractivity (Wildman–Crippen MR) is 141 cm³/mol. The third-order valence-corrected chi connectivity index (χ3v) is 8.68. The van der Waals surface area contributed by atoms with Gasteiger partial charge in [-0.2, -0.15) is 13.2 Å². The van der Waals surface area contributed by atoms with Gasteiger partial charge in [0.2, 0.25) is 0 Å². The molecule has 0 unspecified atom stereocenters. The summed E-state index contributed by atoms with van der Waals surface area (Å²) in [4.78, 5) is 16.9. The van der Waals surface area contributed by atoms with Crippen LogP contribution in [0.2, 0.25) is 10.0 Å². The number of carbonyl (C=O) groups excluding carboxylic acids is 1. The van der Waals surface area contributed by atoms with Crippen LogP contribution in [0.4, 0.5) is 17.6 Å². The molecule has 0 saturated carbocycles. The molecular weight excluding hydrogens is 579 g/mol. The van der Waals surface area contributed by atoms with E-state index in [1.165, 1.54) is 30.3 Å². The average Bonchev–Trinajstić information content (AvgIpc) is 3.30. The van der Waals surface area contributed by atoms with Crippen LogP contribution in [0.3, 0.4) is 0 Å². The van der Waals surface area contributed by atoms with Crippen molar-refractivity contribution >= 4 is 38.9 Å². The van der Waals surface area contributed by atoms with Crippen LogP contribution in [0.25, 0.3) is 0 Å². The van der Waals surface area contributed by atoms with Gasteiger partial charge >= 0.3 is 6.18 Å². The van der Waals surface area contributed by atoms with E-state index in [-0.39, 0.29) is 35.9 Å². The van der Waals surface area contributed by atoms with E-state index in [2.05, 4.69) is 0 Å². The number of carbonyl (C=O) groups is 1. The van der Waals surface area contributed by atoms with Crippen LogP contribution in [-0.4, -0.2) is 56.6 Å². The molecule has 0 radical (unpaired) electrons. The van der Waals surface area contributed by atoms with Gasteiger partial charge in [-0.15, -0.1) is 0 Å². The summed E-state index contributed by atoms with van der Waals surface area (Å²) in [5.41, 5.74) is 0.130. The number of likely N-dealkylation sites (N-methyl/N-ethyl adjacent to an activating group) is 1. The van der Waals surface area contributed by atoms with Crippen LogP contribution in [0.15, 0.2) is 65.6 Å². The molecule has 1 fully saturated rings. The van der Waals surface area contributed by atoms with E-state index in [0.29, 0.717) is 27.7 Å². The Bertz CT molecular complexity index is 1500. The molecule has 3 aromatic carbocycles. The number of hydrogen-bond donors (Lipinski definition) is 0. The normalized spacial score (nSPS) is 18.1. The molecule has 12 heteroatoms. The molecule has 1 amide bonds. The monoisotopic (exact) mass is 602 g/mol. The minimum Gasteiger partial charge on any atom is -0.336 e. The van der Waals surface area contributed by atoms with Crippen molar-refractivity contribution in [1.82, 2.24) is 9.80 Å². The van der Waals surface area contributed by atoms with E-state index in [1.54, 1.807) is 30.1 Å². The summed E-state index contributed by atoms with van der Waals surface area (Å²) in [5.74, 6) is -1.91. The zero-order chi connectivity index (χ0) is 28.7. The van der Waals surface area contributed by atoms with Gasteiger partial charge in [0.1, 0.15) is 5.82 Å². The van der Waals surface area contributed by atoms with Gasteiger partial charge in [0, 0.05) is 43.4 Å². The maximum Gasteiger partial charge on any atom is 0.419 e. The number of alkyl halides is 3. The molecule has 1 saturated heterocycles. The molecule has 0 aliphatic carbocycles. The van der Waals surface area contributed by atoms with Crippen molar-refractivity contribution in [2.45, 2.75) is 29.6 Å². The average molecular weight is 603 g/mol. The number of rotatable bonds is 6. The second-order valence-corrected chi connectivity index (χ2v) is 12.4. The SMILES string of the molecule is CN(Cc1ccc(C(F)(F)F)c(F)c1)[C@@H]1CN(C(=O)c2ccc(S(C)(=O)=O)cc2)C[C@@H]1c1ccc(Cl)c(Cl)c1. The molecule has 0 N–H and O–H groups in total. The molecule has 0 aromatic heterocycles. The Morgan fingerprint density at radius 1 is 1.00 bits per heavy atom. The Morgan fingerprint density at radius 2 is 1.67 bits per heavy atom. The summed E-state index contributed by atoms with van der Waals surface area (Å²) in [6, 6.07) is 13.3. The quantitative estimate of drug-likeness (QED) is 0.311. The maximum atomic E-state index is 14.2. The van der Waals surface area contributed by atoms with Gasteiger partial charge in [0.25, 0.3) is 5.91 Å². The molecule has 0 spiro atoms. The zero-order valence-corrected chi connectivity index (χ0v) is 23.2. The Balaban J connectivity index is 1.61. The number of hydrogen-bond acceptors (Lipinski definition) is 4. The summed E-state index contributed by atoms with van der Waals surface area (Å²) < 4.78 is 76.7. The van der Waals surface area contributed by atoms with E-state index in [1.807, 2.05) is 4.90 Å². The van der Waals surface area contributed by atoms with E-state index in [0.717, 1.165) is 24.0 Å². The molecule has 4 rings (SSSR count). The number of nitrogens with zero attached hydrogens (tertiary/aromatic N) is 2. The van der Waals surface area contributed by atoms with Crippen molar-refractivity contribution < 1.29 is 30.8 Å². The Morgan fingerprint density at radius 3 is 2.23 bits per heavy atom. The third-order valence-electron chi connectivity index (χ3n) is 6.81. The van der Waals surface area contributed by atoms with Crippen LogP contribution in [-0.2, 0) is 22.6 Å². The van der Waals surface area contributed by atoms with E-state index in [4.69, 9.17) is 23.2 Å². The summed E-state index contributed by atoms with van der Waals surface area (Å²) in [6.07, 6.45) is -3.71. The number of sulfone groups is 1. The lowest BCUT2D eigenvalue weighted by molar-refractivity contribution is -0.140. The predicted octanol–water partition coefficient (Wildman–Crippen LogP) is 6.30. The van der Waals surface area contributed by atoms with Gasteiger partial charge in [0.15, 0.2) is 9.84 Å². The second kappa shape index (κ2) is 11.1. The fraction of sp³-hybridized carbons (Fsp3) is 0.296. The zero-order valence-electron chi connectivity index (χ0n) is 20.8. The molecule has 2 atom stereocenters. The lowest BCUT2D eigenvalue weighted by atomic mass is 9.93. The largest absolute Gasteiger partial charge is 0.419 e. The highest BCUT2D eigenvalue weighted by atomic mass is 35.5. The first-order valence-electron chi connectivity index (χ1n) is 11.8. The van der Waals surface area contributed by atoms with Crippen LogP contribution < -0.4 is 0 Å². The van der Waals surface area contributed by atoms with Gasteiger partial charge in [-0.3, -0.25) is 9.69 Å². The second-order valence-electron chi connectivity index (χ2n) is 9.58. The summed E-state index contributed by atoms with van der Waals surface area (Å²) in [7, 11) is -1.67. The molecule has 1 heterocycles. The van der Waals surface area contributed by atoms with Crippen molar-refractivity contribution in [3.8, 4) is 0 Å². The topological polar surface area (TPSA) is 57.7 Å². The van der Waals surface area contributed by atoms with Gasteiger partial charge in [-0.25, -0.2) is 12.8 Å². The number of amides is 1. The molecule has 208 valence electrons. The molecule has 0 bridgehead atoms. The van der Waals surface area contributed by atoms with Gasteiger partial charge in [-0.1, -0.05) is 35.3 Å². The standard InChI is InChI=1S/C27H24Cl2F4N2O3S/c1-34(13-16-3-9-21(24(30)11-16)27(31,32)33)25-15-35(14-20(25)18-6-10-22(28)23(29)12-18)26(36)17-4-7-19(8-5-17)39(2,37)38/h3-12,20,25H,13-15H2,1-2H3/t20-,25-/m1/s1. The van der Waals surface area contributed by atoms with E-state index < -0.39 is 27.4 Å². The first kappa shape index (κ1) is 29.3.